The standard InChI is InChI=1S/C13H22N4O2/c1-19-7-3-5-14-12-8-13(16-10-15-12)17-6-2-4-11(18)9-17/h8,10-11,18H,2-7,9H2,1H3,(H,14,15,16). The van der Waals surface area contributed by atoms with E-state index in [1.165, 1.54) is 0 Å². The third kappa shape index (κ3) is 4.33. The van der Waals surface area contributed by atoms with E-state index >= 15 is 0 Å². The van der Waals surface area contributed by atoms with Crippen LogP contribution in [0.15, 0.2) is 12.4 Å². The van der Waals surface area contributed by atoms with Crippen molar-refractivity contribution < 1.29 is 9.84 Å². The maximum absolute atomic E-state index is 9.70. The number of nitrogens with zero attached hydrogens (tertiary/aromatic N) is 3. The molecule has 2 N–H and O–H groups in total. The second-order valence-electron chi connectivity index (χ2n) is 4.78. The number of aromatic nitrogens is 2. The van der Waals surface area contributed by atoms with Crippen LogP contribution in [-0.4, -0.2) is 54.5 Å². The second kappa shape index (κ2) is 7.25. The van der Waals surface area contributed by atoms with Crippen LogP contribution in [0.5, 0.6) is 0 Å². The molecule has 1 atom stereocenters. The lowest BCUT2D eigenvalue weighted by Crippen LogP contribution is -2.38. The van der Waals surface area contributed by atoms with Crippen LogP contribution in [-0.2, 0) is 4.74 Å². The average molecular weight is 266 g/mol. The molecule has 0 spiro atoms. The summed E-state index contributed by atoms with van der Waals surface area (Å²) in [5.41, 5.74) is 0. The molecule has 0 aromatic carbocycles. The van der Waals surface area contributed by atoms with Crippen molar-refractivity contribution in [1.82, 2.24) is 9.97 Å². The number of piperidine rings is 1. The summed E-state index contributed by atoms with van der Waals surface area (Å²) in [6.45, 7) is 3.16. The highest BCUT2D eigenvalue weighted by atomic mass is 16.5. The lowest BCUT2D eigenvalue weighted by Gasteiger charge is -2.31. The van der Waals surface area contributed by atoms with Gasteiger partial charge in [-0.15, -0.1) is 0 Å². The van der Waals surface area contributed by atoms with Crippen LogP contribution in [0.25, 0.3) is 0 Å². The van der Waals surface area contributed by atoms with Crippen molar-refractivity contribution in [2.75, 3.05) is 43.6 Å². The van der Waals surface area contributed by atoms with E-state index in [9.17, 15) is 5.11 Å². The SMILES string of the molecule is COCCCNc1cc(N2CCCC(O)C2)ncn1. The molecule has 0 amide bonds. The van der Waals surface area contributed by atoms with Crippen molar-refractivity contribution in [2.45, 2.75) is 25.4 Å². The monoisotopic (exact) mass is 266 g/mol. The first-order valence-electron chi connectivity index (χ1n) is 6.77. The molecule has 0 radical (unpaired) electrons. The van der Waals surface area contributed by atoms with Gasteiger partial charge in [-0.1, -0.05) is 0 Å². The second-order valence-corrected chi connectivity index (χ2v) is 4.78. The predicted octanol–water partition coefficient (Wildman–Crippen LogP) is 0.886. The Balaban J connectivity index is 1.90. The highest BCUT2D eigenvalue weighted by Crippen LogP contribution is 2.19. The van der Waals surface area contributed by atoms with Crippen molar-refractivity contribution in [3.05, 3.63) is 12.4 Å². The number of hydrogen-bond acceptors (Lipinski definition) is 6. The zero-order valence-electron chi connectivity index (χ0n) is 11.4. The van der Waals surface area contributed by atoms with Gasteiger partial charge >= 0.3 is 0 Å². The van der Waals surface area contributed by atoms with E-state index in [0.29, 0.717) is 6.54 Å². The van der Waals surface area contributed by atoms with Crippen molar-refractivity contribution in [3.8, 4) is 0 Å². The summed E-state index contributed by atoms with van der Waals surface area (Å²) < 4.78 is 5.00. The average Bonchev–Trinajstić information content (AvgIpc) is 2.44. The maximum Gasteiger partial charge on any atom is 0.134 e. The Kier molecular flexibility index (Phi) is 5.35. The summed E-state index contributed by atoms with van der Waals surface area (Å²) in [6.07, 6.45) is 4.14. The molecule has 19 heavy (non-hydrogen) atoms. The maximum atomic E-state index is 9.70. The van der Waals surface area contributed by atoms with Crippen molar-refractivity contribution in [1.29, 1.82) is 0 Å². The quantitative estimate of drug-likeness (QED) is 0.745. The van der Waals surface area contributed by atoms with Gasteiger partial charge in [0.2, 0.25) is 0 Å². The number of β-amino-alcohol motifs (C(OH)–C–C–N with tert-alkyl or cyclic N) is 1. The zero-order chi connectivity index (χ0) is 13.5. The molecule has 0 saturated carbocycles. The van der Waals surface area contributed by atoms with E-state index in [1.54, 1.807) is 13.4 Å². The van der Waals surface area contributed by atoms with Crippen molar-refractivity contribution in [2.24, 2.45) is 0 Å². The molecule has 6 heteroatoms. The summed E-state index contributed by atoms with van der Waals surface area (Å²) in [4.78, 5) is 10.6. The van der Waals surface area contributed by atoms with Crippen LogP contribution in [0.2, 0.25) is 0 Å². The number of nitrogens with one attached hydrogen (secondary N) is 1. The molecule has 1 aromatic heterocycles. The Hall–Kier alpha value is -1.40. The fourth-order valence-corrected chi connectivity index (χ4v) is 2.21. The molecule has 2 heterocycles. The lowest BCUT2D eigenvalue weighted by molar-refractivity contribution is 0.154. The topological polar surface area (TPSA) is 70.5 Å². The molecule has 1 saturated heterocycles. The van der Waals surface area contributed by atoms with Gasteiger partial charge in [0.05, 0.1) is 6.10 Å². The van der Waals surface area contributed by atoms with Gasteiger partial charge in [0.15, 0.2) is 0 Å². The van der Waals surface area contributed by atoms with Gasteiger partial charge in [-0.05, 0) is 19.3 Å². The van der Waals surface area contributed by atoms with Crippen LogP contribution in [0.3, 0.4) is 0 Å². The Morgan fingerprint density at radius 2 is 2.42 bits per heavy atom. The molecule has 2 rings (SSSR count). The number of aliphatic hydroxyl groups excluding tert-OH is 1. The predicted molar refractivity (Wildman–Crippen MR) is 74.5 cm³/mol. The molecule has 0 aliphatic carbocycles. The molecule has 1 aliphatic rings. The van der Waals surface area contributed by atoms with Crippen molar-refractivity contribution >= 4 is 11.6 Å². The Bertz CT molecular complexity index is 389. The van der Waals surface area contributed by atoms with E-state index in [0.717, 1.165) is 50.6 Å². The molecular weight excluding hydrogens is 244 g/mol. The molecule has 1 aliphatic heterocycles. The first-order valence-corrected chi connectivity index (χ1v) is 6.77. The van der Waals surface area contributed by atoms with Crippen LogP contribution in [0.4, 0.5) is 11.6 Å². The summed E-state index contributed by atoms with van der Waals surface area (Å²) >= 11 is 0. The summed E-state index contributed by atoms with van der Waals surface area (Å²) in [7, 11) is 1.70. The molecule has 106 valence electrons. The van der Waals surface area contributed by atoms with Gasteiger partial charge < -0.3 is 20.1 Å². The Labute approximate surface area is 113 Å². The number of methoxy groups -OCH3 is 1. The van der Waals surface area contributed by atoms with E-state index in [4.69, 9.17) is 4.74 Å². The first kappa shape index (κ1) is 14.0. The Morgan fingerprint density at radius 3 is 3.21 bits per heavy atom. The van der Waals surface area contributed by atoms with Crippen LogP contribution < -0.4 is 10.2 Å². The fourth-order valence-electron chi connectivity index (χ4n) is 2.21. The normalized spacial score (nSPS) is 19.5. The van der Waals surface area contributed by atoms with Crippen molar-refractivity contribution in [3.63, 3.8) is 0 Å². The first-order chi connectivity index (χ1) is 9.29. The van der Waals surface area contributed by atoms with Gasteiger partial charge in [-0.3, -0.25) is 0 Å². The number of anilines is 2. The highest BCUT2D eigenvalue weighted by molar-refractivity contribution is 5.48. The highest BCUT2D eigenvalue weighted by Gasteiger charge is 2.18. The third-order valence-electron chi connectivity index (χ3n) is 3.20. The number of hydrogen-bond donors (Lipinski definition) is 2. The lowest BCUT2D eigenvalue weighted by atomic mass is 10.1. The summed E-state index contributed by atoms with van der Waals surface area (Å²) in [6, 6.07) is 1.94. The molecule has 1 unspecified atom stereocenters. The Morgan fingerprint density at radius 1 is 1.53 bits per heavy atom. The third-order valence-corrected chi connectivity index (χ3v) is 3.20. The minimum absolute atomic E-state index is 0.248. The van der Waals surface area contributed by atoms with Gasteiger partial charge in [-0.2, -0.15) is 0 Å². The van der Waals surface area contributed by atoms with Gasteiger partial charge in [0, 0.05) is 39.4 Å². The van der Waals surface area contributed by atoms with E-state index in [2.05, 4.69) is 20.2 Å². The fraction of sp³-hybridized carbons (Fsp3) is 0.692. The minimum Gasteiger partial charge on any atom is -0.391 e. The molecule has 0 bridgehead atoms. The van der Waals surface area contributed by atoms with E-state index in [1.807, 2.05) is 6.07 Å². The van der Waals surface area contributed by atoms with Crippen LogP contribution in [0.1, 0.15) is 19.3 Å². The van der Waals surface area contributed by atoms with Crippen LogP contribution >= 0.6 is 0 Å². The van der Waals surface area contributed by atoms with Crippen LogP contribution in [0, 0.1) is 0 Å². The summed E-state index contributed by atoms with van der Waals surface area (Å²) in [5.74, 6) is 1.70. The number of rotatable bonds is 6. The van der Waals surface area contributed by atoms with Gasteiger partial charge in [-0.25, -0.2) is 9.97 Å². The molecule has 1 fully saturated rings. The number of ether oxygens (including phenoxy) is 1. The molecule has 1 aromatic rings. The largest absolute Gasteiger partial charge is 0.391 e. The van der Waals surface area contributed by atoms with Gasteiger partial charge in [0.1, 0.15) is 18.0 Å². The summed E-state index contributed by atoms with van der Waals surface area (Å²) in [5, 5.41) is 12.9. The smallest absolute Gasteiger partial charge is 0.134 e. The van der Waals surface area contributed by atoms with E-state index < -0.39 is 0 Å². The molecular formula is C13H22N4O2. The van der Waals surface area contributed by atoms with Gasteiger partial charge in [0.25, 0.3) is 0 Å². The molecule has 6 nitrogen and oxygen atoms in total. The zero-order valence-corrected chi connectivity index (χ0v) is 11.4. The number of aliphatic hydroxyl groups is 1. The minimum atomic E-state index is -0.248. The van der Waals surface area contributed by atoms with E-state index in [-0.39, 0.29) is 6.10 Å².